The molecule has 2 nitrogen and oxygen atoms in total. The van der Waals surface area contributed by atoms with E-state index in [-0.39, 0.29) is 0 Å². The van der Waals surface area contributed by atoms with Crippen LogP contribution < -0.4 is 0 Å². The van der Waals surface area contributed by atoms with Crippen molar-refractivity contribution in [2.45, 2.75) is 6.92 Å². The van der Waals surface area contributed by atoms with Crippen molar-refractivity contribution in [3.8, 4) is 0 Å². The molecule has 0 radical (unpaired) electrons. The lowest BCUT2D eigenvalue weighted by molar-refractivity contribution is 0.0690. The highest BCUT2D eigenvalue weighted by Gasteiger charge is 2.14. The third-order valence-electron chi connectivity index (χ3n) is 1.40. The van der Waals surface area contributed by atoms with Crippen LogP contribution in [0.15, 0.2) is 12.1 Å². The minimum Gasteiger partial charge on any atom is -0.478 e. The first-order chi connectivity index (χ1) is 5.52. The fourth-order valence-corrected chi connectivity index (χ4v) is 0.880. The summed E-state index contributed by atoms with van der Waals surface area (Å²) < 4.78 is 25.2. The Balaban J connectivity index is 3.37. The molecular weight excluding hydrogens is 166 g/mol. The lowest BCUT2D eigenvalue weighted by Crippen LogP contribution is -2.03. The first-order valence-electron chi connectivity index (χ1n) is 3.21. The summed E-state index contributed by atoms with van der Waals surface area (Å²) in [6, 6.07) is 2.03. The van der Waals surface area contributed by atoms with Crippen LogP contribution in [0, 0.1) is 18.6 Å². The number of rotatable bonds is 1. The van der Waals surface area contributed by atoms with E-state index in [1.165, 1.54) is 6.92 Å². The van der Waals surface area contributed by atoms with Gasteiger partial charge in [0.1, 0.15) is 0 Å². The molecule has 0 aliphatic rings. The van der Waals surface area contributed by atoms with E-state index in [0.717, 1.165) is 12.1 Å². The van der Waals surface area contributed by atoms with Gasteiger partial charge in [0.2, 0.25) is 0 Å². The largest absolute Gasteiger partial charge is 0.478 e. The van der Waals surface area contributed by atoms with Gasteiger partial charge in [-0.05, 0) is 24.6 Å². The smallest absolute Gasteiger partial charge is 0.338 e. The minimum absolute atomic E-state index is 0.381. The van der Waals surface area contributed by atoms with E-state index in [2.05, 4.69) is 0 Å². The second-order valence-corrected chi connectivity index (χ2v) is 2.41. The highest BCUT2D eigenvalue weighted by atomic mass is 19.2. The zero-order chi connectivity index (χ0) is 9.30. The second kappa shape index (κ2) is 2.89. The van der Waals surface area contributed by atoms with Gasteiger partial charge in [-0.2, -0.15) is 0 Å². The predicted octanol–water partition coefficient (Wildman–Crippen LogP) is 1.97. The summed E-state index contributed by atoms with van der Waals surface area (Å²) in [4.78, 5) is 10.3. The van der Waals surface area contributed by atoms with Crippen LogP contribution in [0.1, 0.15) is 15.9 Å². The number of hydrogen-bond acceptors (Lipinski definition) is 1. The zero-order valence-corrected chi connectivity index (χ0v) is 6.27. The Morgan fingerprint density at radius 3 is 2.50 bits per heavy atom. The van der Waals surface area contributed by atoms with Crippen molar-refractivity contribution in [2.75, 3.05) is 0 Å². The van der Waals surface area contributed by atoms with E-state index >= 15 is 0 Å². The lowest BCUT2D eigenvalue weighted by Gasteiger charge is -1.99. The molecule has 0 fully saturated rings. The van der Waals surface area contributed by atoms with Gasteiger partial charge in [-0.1, -0.05) is 0 Å². The van der Waals surface area contributed by atoms with Gasteiger partial charge in [0, 0.05) is 0 Å². The Labute approximate surface area is 67.4 Å². The molecular formula is C8H6F2O2. The maximum atomic E-state index is 12.7. The van der Waals surface area contributed by atoms with E-state index in [4.69, 9.17) is 5.11 Å². The van der Waals surface area contributed by atoms with E-state index < -0.39 is 23.2 Å². The van der Waals surface area contributed by atoms with Gasteiger partial charge in [0.05, 0.1) is 5.56 Å². The zero-order valence-electron chi connectivity index (χ0n) is 6.27. The van der Waals surface area contributed by atoms with Gasteiger partial charge in [-0.25, -0.2) is 13.6 Å². The van der Waals surface area contributed by atoms with Crippen LogP contribution in [0.25, 0.3) is 0 Å². The third-order valence-corrected chi connectivity index (χ3v) is 1.40. The van der Waals surface area contributed by atoms with Crippen LogP contribution in [-0.2, 0) is 0 Å². The minimum atomic E-state index is -1.46. The van der Waals surface area contributed by atoms with Crippen LogP contribution in [0.2, 0.25) is 0 Å². The van der Waals surface area contributed by atoms with Gasteiger partial charge in [0.25, 0.3) is 0 Å². The van der Waals surface area contributed by atoms with Gasteiger partial charge in [-0.15, -0.1) is 0 Å². The third kappa shape index (κ3) is 1.42. The Morgan fingerprint density at radius 2 is 2.00 bits per heavy atom. The van der Waals surface area contributed by atoms with E-state index in [0.29, 0.717) is 5.56 Å². The van der Waals surface area contributed by atoms with Crippen LogP contribution in [-0.4, -0.2) is 11.1 Å². The Hall–Kier alpha value is -1.45. The second-order valence-electron chi connectivity index (χ2n) is 2.41. The van der Waals surface area contributed by atoms with Gasteiger partial charge < -0.3 is 5.11 Å². The average Bonchev–Trinajstić information content (AvgIpc) is 1.96. The maximum Gasteiger partial charge on any atom is 0.338 e. The van der Waals surface area contributed by atoms with Crippen LogP contribution >= 0.6 is 0 Å². The molecule has 1 aromatic rings. The normalized spacial score (nSPS) is 9.92. The summed E-state index contributed by atoms with van der Waals surface area (Å²) in [6.45, 7) is 1.50. The summed E-state index contributed by atoms with van der Waals surface area (Å²) in [7, 11) is 0. The molecule has 0 saturated carbocycles. The Kier molecular flexibility index (Phi) is 2.08. The summed E-state index contributed by atoms with van der Waals surface area (Å²) in [5.41, 5.74) is -0.251. The van der Waals surface area contributed by atoms with Gasteiger partial charge >= 0.3 is 5.97 Å². The number of halogens is 2. The molecule has 1 aromatic carbocycles. The molecule has 1 N–H and O–H groups in total. The lowest BCUT2D eigenvalue weighted by atomic mass is 10.1. The van der Waals surface area contributed by atoms with Crippen molar-refractivity contribution >= 4 is 5.97 Å². The summed E-state index contributed by atoms with van der Waals surface area (Å²) in [5, 5.41) is 8.41. The van der Waals surface area contributed by atoms with E-state index in [1.54, 1.807) is 0 Å². The SMILES string of the molecule is Cc1cc(F)c(F)c(C(=O)O)c1. The number of carbonyl (C=O) groups is 1. The number of carboxylic acid groups (broad SMARTS) is 1. The van der Waals surface area contributed by atoms with Crippen molar-refractivity contribution < 1.29 is 18.7 Å². The van der Waals surface area contributed by atoms with Crippen LogP contribution in [0.4, 0.5) is 8.78 Å². The van der Waals surface area contributed by atoms with Crippen LogP contribution in [0.5, 0.6) is 0 Å². The van der Waals surface area contributed by atoms with Gasteiger partial charge in [0.15, 0.2) is 11.6 Å². The number of aromatic carboxylic acids is 1. The molecule has 0 saturated heterocycles. The highest BCUT2D eigenvalue weighted by molar-refractivity contribution is 5.88. The molecule has 0 bridgehead atoms. The fourth-order valence-electron chi connectivity index (χ4n) is 0.880. The predicted molar refractivity (Wildman–Crippen MR) is 38.1 cm³/mol. The quantitative estimate of drug-likeness (QED) is 0.703. The number of benzene rings is 1. The average molecular weight is 172 g/mol. The molecule has 64 valence electrons. The molecule has 0 heterocycles. The first-order valence-corrected chi connectivity index (χ1v) is 3.21. The van der Waals surface area contributed by atoms with Crippen LogP contribution in [0.3, 0.4) is 0 Å². The molecule has 0 spiro atoms. The molecule has 1 rings (SSSR count). The number of aryl methyl sites for hydroxylation is 1. The molecule has 4 heteroatoms. The Morgan fingerprint density at radius 1 is 1.42 bits per heavy atom. The topological polar surface area (TPSA) is 37.3 Å². The molecule has 0 unspecified atom stereocenters. The summed E-state index contributed by atoms with van der Waals surface area (Å²) in [5.74, 6) is -3.91. The summed E-state index contributed by atoms with van der Waals surface area (Å²) in [6.07, 6.45) is 0. The molecule has 0 amide bonds. The van der Waals surface area contributed by atoms with Crippen molar-refractivity contribution in [1.29, 1.82) is 0 Å². The van der Waals surface area contributed by atoms with E-state index in [1.807, 2.05) is 0 Å². The Bertz CT molecular complexity index is 334. The van der Waals surface area contributed by atoms with Crippen molar-refractivity contribution in [2.24, 2.45) is 0 Å². The number of carboxylic acids is 1. The van der Waals surface area contributed by atoms with Crippen molar-refractivity contribution in [3.05, 3.63) is 34.9 Å². The van der Waals surface area contributed by atoms with Gasteiger partial charge in [-0.3, -0.25) is 0 Å². The van der Waals surface area contributed by atoms with Crippen molar-refractivity contribution in [3.63, 3.8) is 0 Å². The molecule has 0 aliphatic carbocycles. The maximum absolute atomic E-state index is 12.7. The molecule has 0 aromatic heterocycles. The van der Waals surface area contributed by atoms with Crippen molar-refractivity contribution in [1.82, 2.24) is 0 Å². The first kappa shape index (κ1) is 8.64. The monoisotopic (exact) mass is 172 g/mol. The number of hydrogen-bond donors (Lipinski definition) is 1. The van der Waals surface area contributed by atoms with E-state index in [9.17, 15) is 13.6 Å². The standard InChI is InChI=1S/C8H6F2O2/c1-4-2-5(8(11)12)7(10)6(9)3-4/h2-3H,1H3,(H,11,12). The molecule has 0 atom stereocenters. The molecule has 12 heavy (non-hydrogen) atoms. The highest BCUT2D eigenvalue weighted by Crippen LogP contribution is 2.14. The summed E-state index contributed by atoms with van der Waals surface area (Å²) >= 11 is 0. The fraction of sp³-hybridized carbons (Fsp3) is 0.125. The molecule has 0 aliphatic heterocycles.